The molecule has 3 rings (SSSR count). The predicted octanol–water partition coefficient (Wildman–Crippen LogP) is 2.47. The maximum atomic E-state index is 12.8. The maximum absolute atomic E-state index is 12.8. The Balaban J connectivity index is 1.97. The van der Waals surface area contributed by atoms with E-state index in [1.165, 1.54) is 10.7 Å². The van der Waals surface area contributed by atoms with E-state index in [-0.39, 0.29) is 12.1 Å². The van der Waals surface area contributed by atoms with Crippen LogP contribution in [0.2, 0.25) is 0 Å². The topological polar surface area (TPSA) is 117 Å². The van der Waals surface area contributed by atoms with Crippen LogP contribution in [-0.2, 0) is 11.3 Å². The minimum atomic E-state index is -0.834. The van der Waals surface area contributed by atoms with Crippen molar-refractivity contribution in [1.82, 2.24) is 14.7 Å². The van der Waals surface area contributed by atoms with Crippen molar-refractivity contribution in [2.45, 2.75) is 51.8 Å². The molecule has 2 heterocycles. The van der Waals surface area contributed by atoms with Crippen LogP contribution in [0.5, 0.6) is 5.75 Å². The number of likely N-dealkylation sites (tertiary alicyclic amines) is 1. The van der Waals surface area contributed by atoms with Gasteiger partial charge in [-0.25, -0.2) is 9.48 Å². The summed E-state index contributed by atoms with van der Waals surface area (Å²) in [5, 5.41) is 4.48. The molecule has 9 heteroatoms. The summed E-state index contributed by atoms with van der Waals surface area (Å²) in [6.07, 6.45) is 0.950. The van der Waals surface area contributed by atoms with Crippen molar-refractivity contribution in [3.05, 3.63) is 57.5 Å². The molecular formula is C22H28N4O5. The molecule has 1 unspecified atom stereocenters. The zero-order chi connectivity index (χ0) is 22.8. The molecule has 31 heavy (non-hydrogen) atoms. The highest BCUT2D eigenvalue weighted by Crippen LogP contribution is 2.32. The van der Waals surface area contributed by atoms with Gasteiger partial charge in [-0.2, -0.15) is 5.10 Å². The molecule has 1 aromatic heterocycles. The number of ether oxygens (including phenoxy) is 2. The van der Waals surface area contributed by atoms with Crippen molar-refractivity contribution in [1.29, 1.82) is 0 Å². The first kappa shape index (κ1) is 22.3. The Morgan fingerprint density at radius 2 is 1.90 bits per heavy atom. The molecule has 1 aliphatic rings. The highest BCUT2D eigenvalue weighted by Gasteiger charge is 2.35. The lowest BCUT2D eigenvalue weighted by Gasteiger charge is -2.28. The Morgan fingerprint density at radius 1 is 1.23 bits per heavy atom. The lowest BCUT2D eigenvalue weighted by molar-refractivity contribution is 0.0220. The van der Waals surface area contributed by atoms with E-state index in [0.29, 0.717) is 24.4 Å². The highest BCUT2D eigenvalue weighted by atomic mass is 16.6. The van der Waals surface area contributed by atoms with Crippen molar-refractivity contribution in [3.8, 4) is 5.75 Å². The summed E-state index contributed by atoms with van der Waals surface area (Å²) >= 11 is 0. The van der Waals surface area contributed by atoms with Gasteiger partial charge in [-0.3, -0.25) is 14.5 Å². The lowest BCUT2D eigenvalue weighted by atomic mass is 10.1. The molecule has 1 aliphatic heterocycles. The van der Waals surface area contributed by atoms with E-state index in [4.69, 9.17) is 15.2 Å². The fraction of sp³-hybridized carbons (Fsp3) is 0.455. The Morgan fingerprint density at radius 3 is 2.48 bits per heavy atom. The number of nitrogens with zero attached hydrogens (tertiary/aromatic N) is 3. The summed E-state index contributed by atoms with van der Waals surface area (Å²) in [7, 11) is 1.57. The van der Waals surface area contributed by atoms with Crippen LogP contribution < -0.4 is 16.0 Å². The van der Waals surface area contributed by atoms with Crippen LogP contribution in [0.4, 0.5) is 4.79 Å². The Labute approximate surface area is 180 Å². The molecule has 2 amide bonds. The minimum Gasteiger partial charge on any atom is -0.497 e. The van der Waals surface area contributed by atoms with Gasteiger partial charge in [0.25, 0.3) is 11.5 Å². The van der Waals surface area contributed by atoms with Gasteiger partial charge in [-0.1, -0.05) is 12.1 Å². The van der Waals surface area contributed by atoms with Crippen LogP contribution in [0.25, 0.3) is 0 Å². The first-order valence-corrected chi connectivity index (χ1v) is 10.1. The Hall–Kier alpha value is -3.36. The largest absolute Gasteiger partial charge is 0.497 e. The molecule has 0 aliphatic carbocycles. The molecule has 1 fully saturated rings. The molecule has 9 nitrogen and oxygen atoms in total. The number of hydrogen-bond donors (Lipinski definition) is 1. The maximum Gasteiger partial charge on any atom is 0.410 e. The third kappa shape index (κ3) is 5.22. The Kier molecular flexibility index (Phi) is 6.33. The van der Waals surface area contributed by atoms with Crippen molar-refractivity contribution >= 4 is 12.0 Å². The third-order valence-corrected chi connectivity index (χ3v) is 4.97. The average molecular weight is 428 g/mol. The van der Waals surface area contributed by atoms with Crippen LogP contribution >= 0.6 is 0 Å². The number of aromatic nitrogens is 2. The molecule has 0 saturated carbocycles. The lowest BCUT2D eigenvalue weighted by Crippen LogP contribution is -2.38. The second kappa shape index (κ2) is 8.79. The number of methoxy groups -OCH3 is 1. The van der Waals surface area contributed by atoms with E-state index < -0.39 is 29.2 Å². The summed E-state index contributed by atoms with van der Waals surface area (Å²) in [5.41, 5.74) is 5.33. The fourth-order valence-corrected chi connectivity index (χ4v) is 3.53. The molecule has 0 radical (unpaired) electrons. The highest BCUT2D eigenvalue weighted by molar-refractivity contribution is 5.92. The summed E-state index contributed by atoms with van der Waals surface area (Å²) in [4.78, 5) is 39.0. The zero-order valence-electron chi connectivity index (χ0n) is 18.3. The van der Waals surface area contributed by atoms with Crippen LogP contribution in [0.3, 0.4) is 0 Å². The van der Waals surface area contributed by atoms with Gasteiger partial charge in [-0.15, -0.1) is 0 Å². The first-order valence-electron chi connectivity index (χ1n) is 10.1. The number of primary amides is 1. The number of carbonyl (C=O) groups excluding carboxylic acids is 2. The quantitative estimate of drug-likeness (QED) is 0.782. The van der Waals surface area contributed by atoms with Gasteiger partial charge >= 0.3 is 6.09 Å². The number of benzene rings is 1. The summed E-state index contributed by atoms with van der Waals surface area (Å²) in [6, 6.07) is 8.16. The summed E-state index contributed by atoms with van der Waals surface area (Å²) in [6.45, 7) is 6.05. The molecule has 0 spiro atoms. The second-order valence-electron chi connectivity index (χ2n) is 8.49. The molecule has 166 valence electrons. The van der Waals surface area contributed by atoms with E-state index in [9.17, 15) is 14.4 Å². The Bertz CT molecular complexity index is 1020. The normalized spacial score (nSPS) is 16.3. The number of amides is 2. The standard InChI is InChI=1S/C22H28N4O5/c1-22(2,3)31-21(29)25-11-5-6-18(25)17-12-16(19(23)27)20(28)26(24-17)13-14-7-9-15(30-4)10-8-14/h7-10,12,18H,5-6,11,13H2,1-4H3,(H2,23,27). The van der Waals surface area contributed by atoms with Crippen LogP contribution in [0, 0.1) is 0 Å². The van der Waals surface area contributed by atoms with Gasteiger partial charge in [0.2, 0.25) is 0 Å². The van der Waals surface area contributed by atoms with E-state index in [1.807, 2.05) is 12.1 Å². The molecule has 1 atom stereocenters. The first-order chi connectivity index (χ1) is 14.6. The number of nitrogens with two attached hydrogens (primary N) is 1. The fourth-order valence-electron chi connectivity index (χ4n) is 3.53. The minimum absolute atomic E-state index is 0.149. The van der Waals surface area contributed by atoms with E-state index in [1.54, 1.807) is 44.9 Å². The van der Waals surface area contributed by atoms with E-state index >= 15 is 0 Å². The molecule has 2 aromatic rings. The SMILES string of the molecule is COc1ccc(Cn2nc(C3CCCN3C(=O)OC(C)(C)C)cc(C(N)=O)c2=O)cc1. The van der Waals surface area contributed by atoms with Gasteiger partial charge in [0.15, 0.2) is 0 Å². The average Bonchev–Trinajstić information content (AvgIpc) is 3.18. The van der Waals surface area contributed by atoms with Crippen LogP contribution in [0.15, 0.2) is 35.1 Å². The van der Waals surface area contributed by atoms with Crippen molar-refractivity contribution in [3.63, 3.8) is 0 Å². The van der Waals surface area contributed by atoms with Crippen LogP contribution in [0.1, 0.15) is 61.3 Å². The zero-order valence-corrected chi connectivity index (χ0v) is 18.3. The van der Waals surface area contributed by atoms with E-state index in [2.05, 4.69) is 5.10 Å². The molecule has 1 saturated heterocycles. The van der Waals surface area contributed by atoms with Crippen LogP contribution in [-0.4, -0.2) is 45.9 Å². The van der Waals surface area contributed by atoms with Gasteiger partial charge in [0.1, 0.15) is 16.9 Å². The molecule has 0 bridgehead atoms. The van der Waals surface area contributed by atoms with Gasteiger partial charge in [0, 0.05) is 6.54 Å². The van der Waals surface area contributed by atoms with Gasteiger partial charge < -0.3 is 15.2 Å². The molecule has 2 N–H and O–H groups in total. The molecule has 1 aromatic carbocycles. The number of rotatable bonds is 5. The van der Waals surface area contributed by atoms with Gasteiger partial charge in [0.05, 0.1) is 25.4 Å². The number of carbonyl (C=O) groups is 2. The third-order valence-electron chi connectivity index (χ3n) is 4.97. The summed E-state index contributed by atoms with van der Waals surface area (Å²) < 4.78 is 11.9. The second-order valence-corrected chi connectivity index (χ2v) is 8.49. The van der Waals surface area contributed by atoms with Crippen molar-refractivity contribution in [2.75, 3.05) is 13.7 Å². The number of hydrogen-bond acceptors (Lipinski definition) is 6. The molecular weight excluding hydrogens is 400 g/mol. The monoisotopic (exact) mass is 428 g/mol. The van der Waals surface area contributed by atoms with Crippen molar-refractivity contribution < 1.29 is 19.1 Å². The summed E-state index contributed by atoms with van der Waals surface area (Å²) in [5.74, 6) is -0.145. The smallest absolute Gasteiger partial charge is 0.410 e. The van der Waals surface area contributed by atoms with E-state index in [0.717, 1.165) is 12.0 Å². The predicted molar refractivity (Wildman–Crippen MR) is 114 cm³/mol. The van der Waals surface area contributed by atoms with Crippen molar-refractivity contribution in [2.24, 2.45) is 5.73 Å². The van der Waals surface area contributed by atoms with Gasteiger partial charge in [-0.05, 0) is 57.4 Å².